The van der Waals surface area contributed by atoms with E-state index in [1.54, 1.807) is 6.20 Å². The van der Waals surface area contributed by atoms with Crippen LogP contribution in [-0.2, 0) is 6.54 Å². The zero-order chi connectivity index (χ0) is 22.2. The van der Waals surface area contributed by atoms with Crippen molar-refractivity contribution in [1.82, 2.24) is 15.3 Å². The third-order valence-corrected chi connectivity index (χ3v) is 7.74. The maximum atomic E-state index is 13.2. The minimum atomic E-state index is -0.0928. The van der Waals surface area contributed by atoms with Crippen LogP contribution < -0.4 is 15.5 Å². The molecule has 2 unspecified atom stereocenters. The van der Waals surface area contributed by atoms with Crippen molar-refractivity contribution in [1.29, 1.82) is 0 Å². The molecule has 0 bridgehead atoms. The molecule has 2 aromatic rings. The summed E-state index contributed by atoms with van der Waals surface area (Å²) < 4.78 is 0. The largest absolute Gasteiger partial charge is 0.365 e. The summed E-state index contributed by atoms with van der Waals surface area (Å²) in [7, 11) is 0. The average molecular weight is 454 g/mol. The quantitative estimate of drug-likeness (QED) is 0.656. The molecule has 5 rings (SSSR count). The number of aryl methyl sites for hydroxylation is 1. The molecule has 0 spiro atoms. The van der Waals surface area contributed by atoms with Gasteiger partial charge in [-0.1, -0.05) is 30.7 Å². The topological polar surface area (TPSA) is 70.2 Å². The molecule has 1 aromatic carbocycles. The number of anilines is 2. The van der Waals surface area contributed by atoms with Crippen molar-refractivity contribution in [2.45, 2.75) is 58.5 Å². The Hall–Kier alpha value is -2.34. The highest BCUT2D eigenvalue weighted by atomic mass is 35.5. The van der Waals surface area contributed by atoms with Crippen LogP contribution in [0.1, 0.15) is 60.5 Å². The zero-order valence-electron chi connectivity index (χ0n) is 18.9. The van der Waals surface area contributed by atoms with E-state index in [-0.39, 0.29) is 11.9 Å². The Morgan fingerprint density at radius 2 is 1.94 bits per heavy atom. The van der Waals surface area contributed by atoms with E-state index in [0.29, 0.717) is 23.9 Å². The number of nitrogens with zero attached hydrogens (tertiary/aromatic N) is 3. The van der Waals surface area contributed by atoms with Crippen LogP contribution >= 0.6 is 11.6 Å². The van der Waals surface area contributed by atoms with Crippen molar-refractivity contribution in [3.8, 4) is 0 Å². The van der Waals surface area contributed by atoms with Crippen molar-refractivity contribution in [2.75, 3.05) is 23.3 Å². The van der Waals surface area contributed by atoms with Crippen molar-refractivity contribution < 1.29 is 4.79 Å². The van der Waals surface area contributed by atoms with Crippen LogP contribution in [0.4, 0.5) is 11.8 Å². The van der Waals surface area contributed by atoms with Crippen LogP contribution in [0.3, 0.4) is 0 Å². The Bertz CT molecular complexity index is 994. The van der Waals surface area contributed by atoms with Crippen LogP contribution in [0, 0.1) is 24.7 Å². The summed E-state index contributed by atoms with van der Waals surface area (Å²) in [6.07, 6.45) is 7.42. The van der Waals surface area contributed by atoms with Crippen molar-refractivity contribution >= 4 is 29.3 Å². The van der Waals surface area contributed by atoms with E-state index in [1.165, 1.54) is 6.42 Å². The van der Waals surface area contributed by atoms with Gasteiger partial charge in [-0.3, -0.25) is 4.79 Å². The van der Waals surface area contributed by atoms with Crippen molar-refractivity contribution in [2.24, 2.45) is 17.8 Å². The van der Waals surface area contributed by atoms with Gasteiger partial charge < -0.3 is 15.5 Å². The number of hydrogen-bond donors (Lipinski definition) is 2. The molecule has 0 radical (unpaired) electrons. The van der Waals surface area contributed by atoms with E-state index < -0.39 is 0 Å². The molecular weight excluding hydrogens is 422 g/mol. The second kappa shape index (κ2) is 8.89. The summed E-state index contributed by atoms with van der Waals surface area (Å²) >= 11 is 6.30. The number of carbonyl (C=O) groups excluding carboxylic acids is 1. The molecule has 3 aliphatic rings. The summed E-state index contributed by atoms with van der Waals surface area (Å²) in [5, 5.41) is 7.35. The van der Waals surface area contributed by atoms with Crippen LogP contribution in [0.25, 0.3) is 0 Å². The predicted molar refractivity (Wildman–Crippen MR) is 128 cm³/mol. The van der Waals surface area contributed by atoms with Gasteiger partial charge >= 0.3 is 0 Å². The van der Waals surface area contributed by atoms with Gasteiger partial charge in [-0.2, -0.15) is 4.98 Å². The van der Waals surface area contributed by atoms with Gasteiger partial charge in [0, 0.05) is 36.9 Å². The molecule has 2 atom stereocenters. The molecule has 7 heteroatoms. The van der Waals surface area contributed by atoms with Gasteiger partial charge in [0.05, 0.1) is 0 Å². The first-order valence-corrected chi connectivity index (χ1v) is 12.3. The van der Waals surface area contributed by atoms with E-state index in [1.807, 2.05) is 25.1 Å². The summed E-state index contributed by atoms with van der Waals surface area (Å²) in [5.41, 5.74) is 2.61. The number of amides is 1. The molecule has 2 saturated carbocycles. The molecule has 2 aliphatic carbocycles. The summed E-state index contributed by atoms with van der Waals surface area (Å²) in [6, 6.07) is 6.25. The fraction of sp³-hybridized carbons (Fsp3) is 0.560. The van der Waals surface area contributed by atoms with Crippen molar-refractivity contribution in [3.05, 3.63) is 46.1 Å². The van der Waals surface area contributed by atoms with E-state index in [0.717, 1.165) is 72.7 Å². The lowest BCUT2D eigenvalue weighted by Crippen LogP contribution is -2.38. The van der Waals surface area contributed by atoms with E-state index in [4.69, 9.17) is 16.6 Å². The summed E-state index contributed by atoms with van der Waals surface area (Å²) in [4.78, 5) is 24.8. The Kier molecular flexibility index (Phi) is 5.97. The van der Waals surface area contributed by atoms with Gasteiger partial charge in [0.15, 0.2) is 0 Å². The second-order valence-corrected chi connectivity index (χ2v) is 10.4. The Morgan fingerprint density at radius 3 is 2.66 bits per heavy atom. The number of benzene rings is 1. The molecule has 1 saturated heterocycles. The number of hydrogen-bond acceptors (Lipinski definition) is 5. The molecular formula is C25H32ClN5O. The van der Waals surface area contributed by atoms with Gasteiger partial charge in [0.25, 0.3) is 5.91 Å². The first kappa shape index (κ1) is 21.5. The molecule has 2 N–H and O–H groups in total. The highest BCUT2D eigenvalue weighted by Crippen LogP contribution is 2.45. The molecule has 6 nitrogen and oxygen atoms in total. The summed E-state index contributed by atoms with van der Waals surface area (Å²) in [5.74, 6) is 3.54. The van der Waals surface area contributed by atoms with Crippen LogP contribution in [-0.4, -0.2) is 35.0 Å². The fourth-order valence-electron chi connectivity index (χ4n) is 4.99. The highest BCUT2D eigenvalue weighted by molar-refractivity contribution is 6.31. The van der Waals surface area contributed by atoms with E-state index in [2.05, 4.69) is 27.4 Å². The van der Waals surface area contributed by atoms with Gasteiger partial charge in [0.2, 0.25) is 5.95 Å². The maximum Gasteiger partial charge on any atom is 0.256 e. The smallest absolute Gasteiger partial charge is 0.256 e. The summed E-state index contributed by atoms with van der Waals surface area (Å²) in [6.45, 7) is 6.85. The first-order valence-electron chi connectivity index (χ1n) is 11.9. The average Bonchev–Trinajstić information content (AvgIpc) is 3.40. The molecule has 1 aliphatic heterocycles. The van der Waals surface area contributed by atoms with Gasteiger partial charge in [0.1, 0.15) is 11.4 Å². The lowest BCUT2D eigenvalue weighted by molar-refractivity contribution is 0.0923. The van der Waals surface area contributed by atoms with Crippen molar-refractivity contribution in [3.63, 3.8) is 0 Å². The normalized spacial score (nSPS) is 26.5. The Labute approximate surface area is 195 Å². The van der Waals surface area contributed by atoms with E-state index in [9.17, 15) is 4.79 Å². The molecule has 3 fully saturated rings. The second-order valence-electron chi connectivity index (χ2n) is 9.96. The zero-order valence-corrected chi connectivity index (χ0v) is 19.7. The molecule has 170 valence electrons. The standard InChI is InChI=1S/C25H32ClN5O/c1-15-3-7-20(8-4-15)29-24(32)21-12-28-25(31-13-18-10-19(18)14-31)30-23(21)27-11-17-6-5-16(2)22(26)9-17/h5-6,9,12,15,18-20H,3-4,7-8,10-11,13-14H2,1-2H3,(H,29,32)(H,27,28,30)/t15-,18?,19?,20-. The highest BCUT2D eigenvalue weighted by Gasteiger charge is 2.46. The van der Waals surface area contributed by atoms with Gasteiger partial charge in [-0.05, 0) is 74.0 Å². The third-order valence-electron chi connectivity index (χ3n) is 7.33. The first-order chi connectivity index (χ1) is 15.5. The lowest BCUT2D eigenvalue weighted by Gasteiger charge is -2.27. The number of piperidine rings is 1. The number of nitrogens with one attached hydrogen (secondary N) is 2. The number of rotatable bonds is 6. The molecule has 1 amide bonds. The third kappa shape index (κ3) is 4.70. The van der Waals surface area contributed by atoms with Gasteiger partial charge in [-0.15, -0.1) is 0 Å². The molecule has 32 heavy (non-hydrogen) atoms. The van der Waals surface area contributed by atoms with E-state index >= 15 is 0 Å². The van der Waals surface area contributed by atoms with Crippen LogP contribution in [0.15, 0.2) is 24.4 Å². The minimum absolute atomic E-state index is 0.0928. The molecule has 2 heterocycles. The fourth-order valence-corrected chi connectivity index (χ4v) is 5.19. The predicted octanol–water partition coefficient (Wildman–Crippen LogP) is 4.82. The number of aromatic nitrogens is 2. The number of carbonyl (C=O) groups is 1. The van der Waals surface area contributed by atoms with Gasteiger partial charge in [-0.25, -0.2) is 4.98 Å². The number of halogens is 1. The Balaban J connectivity index is 1.34. The minimum Gasteiger partial charge on any atom is -0.365 e. The Morgan fingerprint density at radius 1 is 1.19 bits per heavy atom. The van der Waals surface area contributed by atoms with Crippen LogP contribution in [0.5, 0.6) is 0 Å². The number of fused-ring (bicyclic) bond motifs is 1. The lowest BCUT2D eigenvalue weighted by atomic mass is 9.87. The van der Waals surface area contributed by atoms with Crippen LogP contribution in [0.2, 0.25) is 5.02 Å². The molecule has 1 aromatic heterocycles. The maximum absolute atomic E-state index is 13.2. The SMILES string of the molecule is Cc1ccc(CNc2nc(N3CC4CC4C3)ncc2C(=O)N[C@H]2CC[C@H](C)CC2)cc1Cl. The monoisotopic (exact) mass is 453 g/mol.